The molecule has 0 fully saturated rings. The van der Waals surface area contributed by atoms with E-state index in [1.807, 2.05) is 25.1 Å². The molecule has 4 nitrogen and oxygen atoms in total. The van der Waals surface area contributed by atoms with E-state index in [0.29, 0.717) is 11.5 Å². The van der Waals surface area contributed by atoms with Crippen LogP contribution in [0.25, 0.3) is 0 Å². The quantitative estimate of drug-likeness (QED) is 0.794. The van der Waals surface area contributed by atoms with Gasteiger partial charge in [-0.1, -0.05) is 6.07 Å². The number of ether oxygens (including phenoxy) is 2. The Hall–Kier alpha value is -1.26. The van der Waals surface area contributed by atoms with Crippen molar-refractivity contribution in [1.29, 1.82) is 0 Å². The van der Waals surface area contributed by atoms with Crippen LogP contribution < -0.4 is 20.9 Å². The third kappa shape index (κ3) is 3.12. The maximum absolute atomic E-state index is 6.03. The minimum atomic E-state index is -0.0696. The van der Waals surface area contributed by atoms with E-state index in [-0.39, 0.29) is 12.1 Å². The van der Waals surface area contributed by atoms with E-state index < -0.39 is 0 Å². The first kappa shape index (κ1) is 12.8. The van der Waals surface area contributed by atoms with Crippen LogP contribution in [0.2, 0.25) is 0 Å². The second-order valence-electron chi connectivity index (χ2n) is 3.93. The first-order valence-electron chi connectivity index (χ1n) is 5.31. The highest BCUT2D eigenvalue weighted by Crippen LogP contribution is 2.30. The van der Waals surface area contributed by atoms with E-state index in [1.54, 1.807) is 14.2 Å². The molecular weight excluding hydrogens is 204 g/mol. The number of rotatable bonds is 5. The molecule has 4 heteroatoms. The lowest BCUT2D eigenvalue weighted by atomic mass is 10.0. The van der Waals surface area contributed by atoms with Crippen molar-refractivity contribution >= 4 is 0 Å². The SMILES string of the molecule is COc1ccc(C(N)CC(C)N)cc1OC. The van der Waals surface area contributed by atoms with Crippen molar-refractivity contribution < 1.29 is 9.47 Å². The molecule has 0 radical (unpaired) electrons. The highest BCUT2D eigenvalue weighted by atomic mass is 16.5. The molecule has 0 heterocycles. The molecule has 0 saturated heterocycles. The van der Waals surface area contributed by atoms with E-state index in [1.165, 1.54) is 0 Å². The predicted molar refractivity (Wildman–Crippen MR) is 64.7 cm³/mol. The Morgan fingerprint density at radius 3 is 2.25 bits per heavy atom. The molecule has 4 N–H and O–H groups in total. The fraction of sp³-hybridized carbons (Fsp3) is 0.500. The lowest BCUT2D eigenvalue weighted by molar-refractivity contribution is 0.354. The Labute approximate surface area is 96.5 Å². The summed E-state index contributed by atoms with van der Waals surface area (Å²) in [5.74, 6) is 1.40. The van der Waals surface area contributed by atoms with Crippen molar-refractivity contribution in [2.75, 3.05) is 14.2 Å². The van der Waals surface area contributed by atoms with Crippen LogP contribution >= 0.6 is 0 Å². The van der Waals surface area contributed by atoms with E-state index in [2.05, 4.69) is 0 Å². The second-order valence-corrected chi connectivity index (χ2v) is 3.93. The summed E-state index contributed by atoms with van der Waals surface area (Å²) in [7, 11) is 3.22. The molecule has 16 heavy (non-hydrogen) atoms. The molecule has 0 bridgehead atoms. The molecular formula is C12H20N2O2. The van der Waals surface area contributed by atoms with Gasteiger partial charge in [0.15, 0.2) is 11.5 Å². The first-order chi connectivity index (χ1) is 7.58. The number of benzene rings is 1. The van der Waals surface area contributed by atoms with Gasteiger partial charge in [0.25, 0.3) is 0 Å². The van der Waals surface area contributed by atoms with Gasteiger partial charge in [0.05, 0.1) is 14.2 Å². The highest BCUT2D eigenvalue weighted by molar-refractivity contribution is 5.43. The number of hydrogen-bond donors (Lipinski definition) is 2. The average Bonchev–Trinajstić information content (AvgIpc) is 2.27. The van der Waals surface area contributed by atoms with E-state index in [0.717, 1.165) is 12.0 Å². The van der Waals surface area contributed by atoms with Gasteiger partial charge in [-0.25, -0.2) is 0 Å². The van der Waals surface area contributed by atoms with Crippen molar-refractivity contribution in [1.82, 2.24) is 0 Å². The van der Waals surface area contributed by atoms with Crippen molar-refractivity contribution in [3.05, 3.63) is 23.8 Å². The van der Waals surface area contributed by atoms with E-state index in [4.69, 9.17) is 20.9 Å². The van der Waals surface area contributed by atoms with Gasteiger partial charge < -0.3 is 20.9 Å². The van der Waals surface area contributed by atoms with Crippen molar-refractivity contribution in [3.8, 4) is 11.5 Å². The first-order valence-corrected chi connectivity index (χ1v) is 5.31. The van der Waals surface area contributed by atoms with Crippen LogP contribution in [0.5, 0.6) is 11.5 Å². The normalized spacial score (nSPS) is 14.3. The molecule has 2 atom stereocenters. The smallest absolute Gasteiger partial charge is 0.161 e. The van der Waals surface area contributed by atoms with Crippen molar-refractivity contribution in [2.24, 2.45) is 11.5 Å². The predicted octanol–water partition coefficient (Wildman–Crippen LogP) is 1.44. The molecule has 90 valence electrons. The molecule has 0 aliphatic rings. The van der Waals surface area contributed by atoms with Gasteiger partial charge in [0.1, 0.15) is 0 Å². The third-order valence-corrected chi connectivity index (χ3v) is 2.46. The van der Waals surface area contributed by atoms with Gasteiger partial charge in [0, 0.05) is 12.1 Å². The van der Waals surface area contributed by atoms with Gasteiger partial charge >= 0.3 is 0 Å². The van der Waals surface area contributed by atoms with Crippen LogP contribution in [0.1, 0.15) is 24.9 Å². The minimum absolute atomic E-state index is 0.0696. The summed E-state index contributed by atoms with van der Waals surface area (Å²) < 4.78 is 10.4. The Balaban J connectivity index is 2.89. The maximum atomic E-state index is 6.03. The minimum Gasteiger partial charge on any atom is -0.493 e. The van der Waals surface area contributed by atoms with Crippen LogP contribution in [-0.4, -0.2) is 20.3 Å². The largest absolute Gasteiger partial charge is 0.493 e. The Morgan fingerprint density at radius 2 is 1.75 bits per heavy atom. The standard InChI is InChI=1S/C12H20N2O2/c1-8(13)6-10(14)9-4-5-11(15-2)12(7-9)16-3/h4-5,7-8,10H,6,13-14H2,1-3H3. The topological polar surface area (TPSA) is 70.5 Å². The molecule has 0 amide bonds. The zero-order chi connectivity index (χ0) is 12.1. The summed E-state index contributed by atoms with van der Waals surface area (Å²) in [6.45, 7) is 1.95. The molecule has 0 aromatic heterocycles. The Kier molecular flexibility index (Phi) is 4.58. The third-order valence-electron chi connectivity index (χ3n) is 2.46. The zero-order valence-electron chi connectivity index (χ0n) is 10.1. The molecule has 0 aliphatic carbocycles. The number of methoxy groups -OCH3 is 2. The lowest BCUT2D eigenvalue weighted by Crippen LogP contribution is -2.23. The molecule has 1 aromatic rings. The fourth-order valence-corrected chi connectivity index (χ4v) is 1.62. The molecule has 1 aromatic carbocycles. The summed E-state index contributed by atoms with van der Waals surface area (Å²) in [5, 5.41) is 0. The van der Waals surface area contributed by atoms with Crippen molar-refractivity contribution in [2.45, 2.75) is 25.4 Å². The van der Waals surface area contributed by atoms with Gasteiger partial charge in [-0.05, 0) is 31.0 Å². The van der Waals surface area contributed by atoms with E-state index in [9.17, 15) is 0 Å². The Morgan fingerprint density at radius 1 is 1.12 bits per heavy atom. The summed E-state index contributed by atoms with van der Waals surface area (Å²) in [5.41, 5.74) is 12.8. The summed E-state index contributed by atoms with van der Waals surface area (Å²) in [6, 6.07) is 5.71. The number of nitrogens with two attached hydrogens (primary N) is 2. The monoisotopic (exact) mass is 224 g/mol. The van der Waals surface area contributed by atoms with Gasteiger partial charge in [-0.3, -0.25) is 0 Å². The molecule has 0 saturated carbocycles. The average molecular weight is 224 g/mol. The molecule has 0 aliphatic heterocycles. The summed E-state index contributed by atoms with van der Waals surface area (Å²) in [6.07, 6.45) is 0.746. The van der Waals surface area contributed by atoms with Crippen LogP contribution in [-0.2, 0) is 0 Å². The lowest BCUT2D eigenvalue weighted by Gasteiger charge is -2.16. The van der Waals surface area contributed by atoms with Crippen LogP contribution in [0, 0.1) is 0 Å². The van der Waals surface area contributed by atoms with Gasteiger partial charge in [-0.15, -0.1) is 0 Å². The summed E-state index contributed by atoms with van der Waals surface area (Å²) in [4.78, 5) is 0. The fourth-order valence-electron chi connectivity index (χ4n) is 1.62. The van der Waals surface area contributed by atoms with E-state index >= 15 is 0 Å². The summed E-state index contributed by atoms with van der Waals surface area (Å²) >= 11 is 0. The highest BCUT2D eigenvalue weighted by Gasteiger charge is 2.11. The van der Waals surface area contributed by atoms with Crippen LogP contribution in [0.3, 0.4) is 0 Å². The van der Waals surface area contributed by atoms with Crippen LogP contribution in [0.15, 0.2) is 18.2 Å². The molecule has 0 spiro atoms. The van der Waals surface area contributed by atoms with Crippen molar-refractivity contribution in [3.63, 3.8) is 0 Å². The molecule has 2 unspecified atom stereocenters. The number of hydrogen-bond acceptors (Lipinski definition) is 4. The Bertz CT molecular complexity index is 340. The van der Waals surface area contributed by atoms with Gasteiger partial charge in [-0.2, -0.15) is 0 Å². The zero-order valence-corrected chi connectivity index (χ0v) is 10.1. The van der Waals surface area contributed by atoms with Crippen LogP contribution in [0.4, 0.5) is 0 Å². The molecule has 1 rings (SSSR count). The van der Waals surface area contributed by atoms with Gasteiger partial charge in [0.2, 0.25) is 0 Å². The second kappa shape index (κ2) is 5.72. The maximum Gasteiger partial charge on any atom is 0.161 e.